The smallest absolute Gasteiger partial charge is 0.410 e. The Morgan fingerprint density at radius 3 is 2.44 bits per heavy atom. The molecular weight excluding hydrogens is 428 g/mol. The average molecular weight is 455 g/mol. The molecule has 168 valence electrons. The quantitative estimate of drug-likeness (QED) is 0.578. The van der Waals surface area contributed by atoms with Crippen LogP contribution in [0.4, 0.5) is 10.5 Å². The second-order valence-corrected chi connectivity index (χ2v) is 9.43. The van der Waals surface area contributed by atoms with Crippen molar-refractivity contribution < 1.29 is 14.3 Å². The predicted molar refractivity (Wildman–Crippen MR) is 124 cm³/mol. The SMILES string of the molecule is CC(C)(C)OC(=O)N1CCC(c2ccc(C(=O)Nc3ccc4ncc(Cl)n4c3)cc2)CC1. The molecule has 2 aromatic heterocycles. The highest BCUT2D eigenvalue weighted by molar-refractivity contribution is 6.29. The van der Waals surface area contributed by atoms with Crippen molar-refractivity contribution in [1.29, 1.82) is 0 Å². The van der Waals surface area contributed by atoms with Gasteiger partial charge in [-0.2, -0.15) is 0 Å². The van der Waals surface area contributed by atoms with Crippen LogP contribution in [0.3, 0.4) is 0 Å². The predicted octanol–water partition coefficient (Wildman–Crippen LogP) is 5.35. The van der Waals surface area contributed by atoms with Crippen molar-refractivity contribution in [3.05, 3.63) is 65.1 Å². The molecule has 0 radical (unpaired) electrons. The summed E-state index contributed by atoms with van der Waals surface area (Å²) in [5, 5.41) is 3.38. The standard InChI is InChI=1S/C24H27ClN4O3/c1-24(2,3)32-23(31)28-12-10-17(11-13-28)16-4-6-18(7-5-16)22(30)27-19-8-9-21-26-14-20(25)29(21)15-19/h4-9,14-15,17H,10-13H2,1-3H3,(H,27,30). The summed E-state index contributed by atoms with van der Waals surface area (Å²) in [4.78, 5) is 30.9. The van der Waals surface area contributed by atoms with Crippen molar-refractivity contribution in [3.63, 3.8) is 0 Å². The fourth-order valence-corrected chi connectivity index (χ4v) is 4.04. The fourth-order valence-electron chi connectivity index (χ4n) is 3.86. The van der Waals surface area contributed by atoms with Crippen LogP contribution >= 0.6 is 11.6 Å². The largest absolute Gasteiger partial charge is 0.444 e. The average Bonchev–Trinajstić information content (AvgIpc) is 3.13. The zero-order chi connectivity index (χ0) is 22.9. The van der Waals surface area contributed by atoms with E-state index in [-0.39, 0.29) is 12.0 Å². The zero-order valence-corrected chi connectivity index (χ0v) is 19.2. The van der Waals surface area contributed by atoms with E-state index in [1.165, 1.54) is 5.56 Å². The molecule has 1 fully saturated rings. The number of benzene rings is 1. The number of ether oxygens (including phenoxy) is 1. The van der Waals surface area contributed by atoms with Gasteiger partial charge in [0, 0.05) is 24.8 Å². The minimum absolute atomic E-state index is 0.188. The van der Waals surface area contributed by atoms with Crippen LogP contribution in [-0.4, -0.2) is 45.0 Å². The van der Waals surface area contributed by atoms with E-state index in [9.17, 15) is 9.59 Å². The summed E-state index contributed by atoms with van der Waals surface area (Å²) in [6.07, 6.45) is 4.81. The van der Waals surface area contributed by atoms with Crippen molar-refractivity contribution >= 4 is 34.9 Å². The molecule has 1 aliphatic rings. The number of likely N-dealkylation sites (tertiary alicyclic amines) is 1. The second-order valence-electron chi connectivity index (χ2n) is 9.04. The van der Waals surface area contributed by atoms with Crippen molar-refractivity contribution in [3.8, 4) is 0 Å². The zero-order valence-electron chi connectivity index (χ0n) is 18.5. The monoisotopic (exact) mass is 454 g/mol. The number of amides is 2. The van der Waals surface area contributed by atoms with E-state index < -0.39 is 5.60 Å². The van der Waals surface area contributed by atoms with Crippen molar-refractivity contribution in [1.82, 2.24) is 14.3 Å². The number of nitrogens with one attached hydrogen (secondary N) is 1. The Balaban J connectivity index is 1.35. The number of imidazole rings is 1. The van der Waals surface area contributed by atoms with E-state index in [1.807, 2.05) is 45.0 Å². The molecule has 0 spiro atoms. The lowest BCUT2D eigenvalue weighted by molar-refractivity contribution is 0.0204. The number of halogens is 1. The van der Waals surface area contributed by atoms with E-state index >= 15 is 0 Å². The van der Waals surface area contributed by atoms with Gasteiger partial charge in [-0.15, -0.1) is 0 Å². The summed E-state index contributed by atoms with van der Waals surface area (Å²) < 4.78 is 7.18. The van der Waals surface area contributed by atoms with Gasteiger partial charge in [0.2, 0.25) is 0 Å². The van der Waals surface area contributed by atoms with Gasteiger partial charge in [-0.3, -0.25) is 9.20 Å². The first-order chi connectivity index (χ1) is 15.2. The highest BCUT2D eigenvalue weighted by Crippen LogP contribution is 2.29. The van der Waals surface area contributed by atoms with Gasteiger partial charge in [0.05, 0.1) is 11.9 Å². The van der Waals surface area contributed by atoms with E-state index in [0.29, 0.717) is 35.4 Å². The van der Waals surface area contributed by atoms with Crippen LogP contribution in [0.15, 0.2) is 48.8 Å². The number of pyridine rings is 1. The Morgan fingerprint density at radius 2 is 1.78 bits per heavy atom. The third kappa shape index (κ3) is 5.05. The number of fused-ring (bicyclic) bond motifs is 1. The summed E-state index contributed by atoms with van der Waals surface area (Å²) in [5.74, 6) is 0.170. The van der Waals surface area contributed by atoms with Gasteiger partial charge in [-0.1, -0.05) is 23.7 Å². The number of hydrogen-bond donors (Lipinski definition) is 1. The van der Waals surface area contributed by atoms with Crippen LogP contribution in [0, 0.1) is 0 Å². The molecule has 8 heteroatoms. The highest BCUT2D eigenvalue weighted by Gasteiger charge is 2.27. The number of piperidine rings is 1. The summed E-state index contributed by atoms with van der Waals surface area (Å²) in [7, 11) is 0. The number of nitrogens with zero attached hydrogens (tertiary/aromatic N) is 3. The normalized spacial score (nSPS) is 15.1. The first-order valence-electron chi connectivity index (χ1n) is 10.7. The molecule has 0 bridgehead atoms. The molecule has 0 aliphatic carbocycles. The van der Waals surface area contributed by atoms with Crippen molar-refractivity contribution in [2.24, 2.45) is 0 Å². The number of anilines is 1. The lowest BCUT2D eigenvalue weighted by Crippen LogP contribution is -2.41. The number of rotatable bonds is 3. The lowest BCUT2D eigenvalue weighted by atomic mass is 9.89. The van der Waals surface area contributed by atoms with Crippen LogP contribution in [0.1, 0.15) is 55.5 Å². The van der Waals surface area contributed by atoms with Gasteiger partial charge in [0.15, 0.2) is 0 Å². The maximum atomic E-state index is 12.7. The second kappa shape index (κ2) is 8.82. The van der Waals surface area contributed by atoms with E-state index in [0.717, 1.165) is 18.5 Å². The fraction of sp³-hybridized carbons (Fsp3) is 0.375. The van der Waals surface area contributed by atoms with Crippen LogP contribution in [0.2, 0.25) is 5.15 Å². The van der Waals surface area contributed by atoms with Crippen molar-refractivity contribution in [2.75, 3.05) is 18.4 Å². The van der Waals surface area contributed by atoms with Gasteiger partial charge in [0.25, 0.3) is 5.91 Å². The van der Waals surface area contributed by atoms with Crippen LogP contribution in [-0.2, 0) is 4.74 Å². The highest BCUT2D eigenvalue weighted by atomic mass is 35.5. The third-order valence-corrected chi connectivity index (χ3v) is 5.79. The molecule has 32 heavy (non-hydrogen) atoms. The summed E-state index contributed by atoms with van der Waals surface area (Å²) in [5.41, 5.74) is 2.63. The van der Waals surface area contributed by atoms with E-state index in [4.69, 9.17) is 16.3 Å². The molecule has 3 heterocycles. The molecule has 4 rings (SSSR count). The third-order valence-electron chi connectivity index (χ3n) is 5.51. The van der Waals surface area contributed by atoms with Crippen LogP contribution in [0.5, 0.6) is 0 Å². The maximum absolute atomic E-state index is 12.7. The number of aromatic nitrogens is 2. The molecule has 0 atom stereocenters. The first kappa shape index (κ1) is 22.1. The first-order valence-corrected chi connectivity index (χ1v) is 11.1. The topological polar surface area (TPSA) is 75.9 Å². The Morgan fingerprint density at radius 1 is 1.09 bits per heavy atom. The summed E-state index contributed by atoms with van der Waals surface area (Å²) in [6.45, 7) is 6.96. The van der Waals surface area contributed by atoms with E-state index in [1.54, 1.807) is 33.8 Å². The molecule has 1 aliphatic heterocycles. The maximum Gasteiger partial charge on any atom is 0.410 e. The Kier molecular flexibility index (Phi) is 6.11. The number of carbonyl (C=O) groups is 2. The van der Waals surface area contributed by atoms with Gasteiger partial charge >= 0.3 is 6.09 Å². The number of hydrogen-bond acceptors (Lipinski definition) is 4. The molecule has 1 aromatic carbocycles. The van der Waals surface area contributed by atoms with Gasteiger partial charge < -0.3 is 15.0 Å². The van der Waals surface area contributed by atoms with Gasteiger partial charge in [0.1, 0.15) is 16.4 Å². The molecule has 7 nitrogen and oxygen atoms in total. The summed E-state index contributed by atoms with van der Waals surface area (Å²) in [6, 6.07) is 11.3. The minimum Gasteiger partial charge on any atom is -0.444 e. The van der Waals surface area contributed by atoms with E-state index in [2.05, 4.69) is 10.3 Å². The van der Waals surface area contributed by atoms with Crippen LogP contribution < -0.4 is 5.32 Å². The Labute approximate surface area is 192 Å². The summed E-state index contributed by atoms with van der Waals surface area (Å²) >= 11 is 6.10. The van der Waals surface area contributed by atoms with Gasteiger partial charge in [-0.05, 0) is 69.4 Å². The molecule has 2 amide bonds. The Hall–Kier alpha value is -3.06. The van der Waals surface area contributed by atoms with Gasteiger partial charge in [-0.25, -0.2) is 9.78 Å². The molecular formula is C24H27ClN4O3. The van der Waals surface area contributed by atoms with Crippen molar-refractivity contribution in [2.45, 2.75) is 45.1 Å². The molecule has 1 N–H and O–H groups in total. The minimum atomic E-state index is -0.485. The molecule has 0 unspecified atom stereocenters. The molecule has 3 aromatic rings. The number of carbonyl (C=O) groups excluding carboxylic acids is 2. The Bertz CT molecular complexity index is 1130. The lowest BCUT2D eigenvalue weighted by Gasteiger charge is -2.33. The molecule has 0 saturated carbocycles. The van der Waals surface area contributed by atoms with Crippen LogP contribution in [0.25, 0.3) is 5.65 Å². The molecule has 1 saturated heterocycles.